The van der Waals surface area contributed by atoms with Gasteiger partial charge < -0.3 is 0 Å². The highest BCUT2D eigenvalue weighted by Gasteiger charge is 2.35. The SMILES string of the molecule is O=C1c2ccccc2C(=O)N1CCO[P+](=O)O. The van der Waals surface area contributed by atoms with Gasteiger partial charge in [0.2, 0.25) is 0 Å². The Balaban J connectivity index is 2.11. The van der Waals surface area contributed by atoms with E-state index in [1.165, 1.54) is 0 Å². The average Bonchev–Trinajstić information content (AvgIpc) is 2.54. The summed E-state index contributed by atoms with van der Waals surface area (Å²) < 4.78 is 14.7. The maximum absolute atomic E-state index is 11.8. The molecule has 1 aliphatic heterocycles. The second-order valence-corrected chi connectivity index (χ2v) is 4.11. The summed E-state index contributed by atoms with van der Waals surface area (Å²) in [7, 11) is -2.71. The van der Waals surface area contributed by atoms with E-state index < -0.39 is 20.1 Å². The van der Waals surface area contributed by atoms with Crippen LogP contribution in [0.15, 0.2) is 24.3 Å². The molecule has 0 aromatic heterocycles. The molecular weight excluding hydrogens is 245 g/mol. The lowest BCUT2D eigenvalue weighted by atomic mass is 10.1. The van der Waals surface area contributed by atoms with Gasteiger partial charge in [0.05, 0.1) is 17.7 Å². The van der Waals surface area contributed by atoms with Crippen LogP contribution in [0.25, 0.3) is 0 Å². The Hall–Kier alpha value is -1.62. The Morgan fingerprint density at radius 1 is 1.18 bits per heavy atom. The van der Waals surface area contributed by atoms with E-state index >= 15 is 0 Å². The lowest BCUT2D eigenvalue weighted by Gasteiger charge is -2.10. The Morgan fingerprint density at radius 3 is 2.18 bits per heavy atom. The zero-order chi connectivity index (χ0) is 12.4. The summed E-state index contributed by atoms with van der Waals surface area (Å²) in [6.45, 7) is -0.189. The van der Waals surface area contributed by atoms with Crippen molar-refractivity contribution in [3.05, 3.63) is 35.4 Å². The average molecular weight is 254 g/mol. The molecule has 6 nitrogen and oxygen atoms in total. The van der Waals surface area contributed by atoms with Crippen LogP contribution in [0.1, 0.15) is 20.7 Å². The van der Waals surface area contributed by atoms with Gasteiger partial charge in [0.25, 0.3) is 11.8 Å². The maximum atomic E-state index is 11.8. The first-order valence-corrected chi connectivity index (χ1v) is 5.98. The molecule has 0 fully saturated rings. The Bertz CT molecular complexity index is 466. The van der Waals surface area contributed by atoms with Crippen LogP contribution in [0.2, 0.25) is 0 Å². The number of rotatable bonds is 4. The largest absolute Gasteiger partial charge is 0.694 e. The number of fused-ring (bicyclic) bond motifs is 1. The van der Waals surface area contributed by atoms with Crippen LogP contribution < -0.4 is 0 Å². The fourth-order valence-corrected chi connectivity index (χ4v) is 1.89. The third-order valence-corrected chi connectivity index (χ3v) is 2.80. The van der Waals surface area contributed by atoms with Gasteiger partial charge in [0.1, 0.15) is 6.61 Å². The topological polar surface area (TPSA) is 83.9 Å². The van der Waals surface area contributed by atoms with Crippen molar-refractivity contribution >= 4 is 20.1 Å². The van der Waals surface area contributed by atoms with Crippen LogP contribution in [-0.2, 0) is 9.09 Å². The third kappa shape index (κ3) is 2.24. The smallest absolute Gasteiger partial charge is 0.272 e. The van der Waals surface area contributed by atoms with E-state index in [1.807, 2.05) is 0 Å². The summed E-state index contributed by atoms with van der Waals surface area (Å²) in [5.74, 6) is -0.801. The number of carbonyl (C=O) groups is 2. The van der Waals surface area contributed by atoms with E-state index in [9.17, 15) is 14.2 Å². The van der Waals surface area contributed by atoms with Gasteiger partial charge in [-0.05, 0) is 12.1 Å². The molecule has 7 heteroatoms. The minimum atomic E-state index is -2.71. The Morgan fingerprint density at radius 2 is 1.71 bits per heavy atom. The van der Waals surface area contributed by atoms with E-state index in [0.29, 0.717) is 11.1 Å². The number of carbonyl (C=O) groups excluding carboxylic acids is 2. The van der Waals surface area contributed by atoms with Crippen molar-refractivity contribution in [2.45, 2.75) is 0 Å². The Labute approximate surface area is 97.8 Å². The zero-order valence-electron chi connectivity index (χ0n) is 8.70. The molecule has 0 bridgehead atoms. The molecule has 0 spiro atoms. The van der Waals surface area contributed by atoms with E-state index in [2.05, 4.69) is 4.52 Å². The molecule has 0 saturated carbocycles. The van der Waals surface area contributed by atoms with Crippen LogP contribution in [0.4, 0.5) is 0 Å². The van der Waals surface area contributed by atoms with Crippen LogP contribution in [0.5, 0.6) is 0 Å². The molecule has 1 N–H and O–H groups in total. The lowest BCUT2D eigenvalue weighted by molar-refractivity contribution is 0.0629. The summed E-state index contributed by atoms with van der Waals surface area (Å²) >= 11 is 0. The van der Waals surface area contributed by atoms with Crippen molar-refractivity contribution in [1.82, 2.24) is 4.90 Å². The third-order valence-electron chi connectivity index (χ3n) is 2.39. The van der Waals surface area contributed by atoms with Crippen molar-refractivity contribution < 1.29 is 23.6 Å². The van der Waals surface area contributed by atoms with Crippen molar-refractivity contribution in [3.63, 3.8) is 0 Å². The van der Waals surface area contributed by atoms with Crippen molar-refractivity contribution in [2.75, 3.05) is 13.2 Å². The molecule has 0 aliphatic carbocycles. The molecule has 1 unspecified atom stereocenters. The number of nitrogens with zero attached hydrogens (tertiary/aromatic N) is 1. The molecule has 1 heterocycles. The zero-order valence-corrected chi connectivity index (χ0v) is 9.59. The first-order chi connectivity index (χ1) is 8.11. The van der Waals surface area contributed by atoms with Gasteiger partial charge in [0.15, 0.2) is 0 Å². The van der Waals surface area contributed by atoms with Gasteiger partial charge in [-0.2, -0.15) is 0 Å². The van der Waals surface area contributed by atoms with Gasteiger partial charge in [-0.1, -0.05) is 12.1 Å². The maximum Gasteiger partial charge on any atom is 0.694 e. The van der Waals surface area contributed by atoms with Gasteiger partial charge in [-0.3, -0.25) is 14.5 Å². The number of imide groups is 1. The monoisotopic (exact) mass is 254 g/mol. The summed E-state index contributed by atoms with van der Waals surface area (Å²) in [4.78, 5) is 33.0. The molecule has 2 amide bonds. The van der Waals surface area contributed by atoms with E-state index in [-0.39, 0.29) is 13.2 Å². The summed E-state index contributed by atoms with van der Waals surface area (Å²) in [5.41, 5.74) is 0.705. The van der Waals surface area contributed by atoms with Crippen LogP contribution >= 0.6 is 8.25 Å². The number of amides is 2. The van der Waals surface area contributed by atoms with Gasteiger partial charge >= 0.3 is 8.25 Å². The quantitative estimate of drug-likeness (QED) is 0.638. The highest BCUT2D eigenvalue weighted by atomic mass is 31.1. The predicted molar refractivity (Wildman–Crippen MR) is 57.6 cm³/mol. The van der Waals surface area contributed by atoms with E-state index in [4.69, 9.17) is 4.89 Å². The molecular formula is C10H9NO5P+. The van der Waals surface area contributed by atoms with E-state index in [1.54, 1.807) is 24.3 Å². The minimum absolute atomic E-state index is 0.0337. The summed E-state index contributed by atoms with van der Waals surface area (Å²) in [6, 6.07) is 6.50. The van der Waals surface area contributed by atoms with Crippen LogP contribution in [0.3, 0.4) is 0 Å². The highest BCUT2D eigenvalue weighted by molar-refractivity contribution is 7.32. The molecule has 17 heavy (non-hydrogen) atoms. The van der Waals surface area contributed by atoms with Gasteiger partial charge in [-0.15, -0.1) is 9.42 Å². The van der Waals surface area contributed by atoms with Crippen molar-refractivity contribution in [2.24, 2.45) is 0 Å². The normalized spacial score (nSPS) is 15.1. The lowest BCUT2D eigenvalue weighted by Crippen LogP contribution is -2.32. The molecule has 88 valence electrons. The van der Waals surface area contributed by atoms with Crippen molar-refractivity contribution in [3.8, 4) is 0 Å². The van der Waals surface area contributed by atoms with Gasteiger partial charge in [-0.25, -0.2) is 0 Å². The highest BCUT2D eigenvalue weighted by Crippen LogP contribution is 2.22. The molecule has 0 saturated heterocycles. The van der Waals surface area contributed by atoms with Gasteiger partial charge in [0, 0.05) is 4.57 Å². The molecule has 1 atom stereocenters. The number of hydrogen-bond acceptors (Lipinski definition) is 4. The number of hydrogen-bond donors (Lipinski definition) is 1. The van der Waals surface area contributed by atoms with E-state index in [0.717, 1.165) is 4.90 Å². The first kappa shape index (κ1) is 11.9. The van der Waals surface area contributed by atoms with Crippen LogP contribution in [0, 0.1) is 0 Å². The fraction of sp³-hybridized carbons (Fsp3) is 0.200. The molecule has 1 aromatic rings. The van der Waals surface area contributed by atoms with Crippen LogP contribution in [-0.4, -0.2) is 34.8 Å². The predicted octanol–water partition coefficient (Wildman–Crippen LogP) is 0.949. The minimum Gasteiger partial charge on any atom is -0.272 e. The number of benzene rings is 1. The summed E-state index contributed by atoms with van der Waals surface area (Å²) in [6.07, 6.45) is 0. The summed E-state index contributed by atoms with van der Waals surface area (Å²) in [5, 5.41) is 0. The van der Waals surface area contributed by atoms with Crippen molar-refractivity contribution in [1.29, 1.82) is 0 Å². The fourth-order valence-electron chi connectivity index (χ4n) is 1.65. The first-order valence-electron chi connectivity index (χ1n) is 4.85. The Kier molecular flexibility index (Phi) is 3.28. The second-order valence-electron chi connectivity index (χ2n) is 3.38. The molecule has 1 aromatic carbocycles. The standard InChI is InChI=1S/C10H8NO5P/c12-9-7-3-1-2-4-8(7)10(13)11(9)5-6-16-17(14)15/h1-4H,5-6H2/p+1. The second kappa shape index (κ2) is 4.71. The molecule has 0 radical (unpaired) electrons. The molecule has 2 rings (SSSR count). The molecule has 1 aliphatic rings.